The van der Waals surface area contributed by atoms with Gasteiger partial charge in [0.25, 0.3) is 5.91 Å². The summed E-state index contributed by atoms with van der Waals surface area (Å²) >= 11 is 0. The maximum Gasteiger partial charge on any atom is 0.270 e. The topological polar surface area (TPSA) is 115 Å². The zero-order valence-corrected chi connectivity index (χ0v) is 20.5. The number of hydrogen-bond acceptors (Lipinski definition) is 7. The number of hydrogen-bond donors (Lipinski definition) is 2. The molecular weight excluding hydrogens is 444 g/mol. The van der Waals surface area contributed by atoms with Crippen molar-refractivity contribution in [2.24, 2.45) is 11.8 Å². The first-order valence-electron chi connectivity index (χ1n) is 12.4. The largest absolute Gasteiger partial charge is 0.494 e. The predicted molar refractivity (Wildman–Crippen MR) is 132 cm³/mol. The average Bonchev–Trinajstić information content (AvgIpc) is 3.35. The van der Waals surface area contributed by atoms with Crippen LogP contribution in [-0.2, 0) is 13.1 Å². The van der Waals surface area contributed by atoms with Crippen LogP contribution in [0.5, 0.6) is 5.75 Å². The Bertz CT molecular complexity index is 1120. The molecule has 35 heavy (non-hydrogen) atoms. The Kier molecular flexibility index (Phi) is 8.41. The molecule has 0 unspecified atom stereocenters. The monoisotopic (exact) mass is 478 g/mol. The number of ether oxygens (including phenoxy) is 1. The van der Waals surface area contributed by atoms with Crippen LogP contribution in [0.4, 0.5) is 0 Å². The Morgan fingerprint density at radius 2 is 1.97 bits per heavy atom. The highest BCUT2D eigenvalue weighted by molar-refractivity contribution is 5.93. The molecule has 0 radical (unpaired) electrons. The van der Waals surface area contributed by atoms with Gasteiger partial charge in [0.05, 0.1) is 13.2 Å². The van der Waals surface area contributed by atoms with Crippen LogP contribution in [0.1, 0.15) is 60.8 Å². The lowest BCUT2D eigenvalue weighted by Crippen LogP contribution is -2.24. The van der Waals surface area contributed by atoms with Crippen LogP contribution in [0.3, 0.4) is 0 Å². The van der Waals surface area contributed by atoms with E-state index in [9.17, 15) is 9.90 Å². The molecule has 0 saturated heterocycles. The van der Waals surface area contributed by atoms with Gasteiger partial charge in [0.15, 0.2) is 0 Å². The molecule has 1 aromatic carbocycles. The number of aliphatic hydroxyl groups excluding tert-OH is 1. The van der Waals surface area contributed by atoms with Gasteiger partial charge in [0.1, 0.15) is 11.4 Å². The fourth-order valence-corrected chi connectivity index (χ4v) is 4.42. The molecule has 0 atom stereocenters. The van der Waals surface area contributed by atoms with E-state index in [4.69, 9.17) is 4.74 Å². The molecule has 9 nitrogen and oxygen atoms in total. The lowest BCUT2D eigenvalue weighted by atomic mass is 9.82. The molecule has 1 saturated carbocycles. The van der Waals surface area contributed by atoms with Crippen LogP contribution in [0.2, 0.25) is 0 Å². The SMILES string of the molecule is CCCOc1cccc(CNC(=O)c2cc(-c3nnn(C[C@H]4CC[C@H](CO)CC4)n3)cc(C)n2)c1. The summed E-state index contributed by atoms with van der Waals surface area (Å²) in [6.07, 6.45) is 5.15. The summed E-state index contributed by atoms with van der Waals surface area (Å²) < 4.78 is 5.67. The fraction of sp³-hybridized carbons (Fsp3) is 0.500. The summed E-state index contributed by atoms with van der Waals surface area (Å²) in [7, 11) is 0. The number of aromatic nitrogens is 5. The van der Waals surface area contributed by atoms with Gasteiger partial charge in [-0.2, -0.15) is 4.80 Å². The number of amides is 1. The molecule has 1 aliphatic rings. The lowest BCUT2D eigenvalue weighted by molar-refractivity contribution is 0.0945. The third-order valence-corrected chi connectivity index (χ3v) is 6.37. The zero-order valence-electron chi connectivity index (χ0n) is 20.5. The third kappa shape index (κ3) is 6.85. The number of pyridine rings is 1. The Morgan fingerprint density at radius 1 is 1.17 bits per heavy atom. The molecule has 1 fully saturated rings. The van der Waals surface area contributed by atoms with Crippen molar-refractivity contribution in [1.29, 1.82) is 0 Å². The second kappa shape index (κ2) is 11.9. The summed E-state index contributed by atoms with van der Waals surface area (Å²) in [5.41, 5.74) is 2.70. The average molecular weight is 479 g/mol. The van der Waals surface area contributed by atoms with Gasteiger partial charge in [0, 0.05) is 24.4 Å². The van der Waals surface area contributed by atoms with E-state index in [2.05, 4.69) is 32.6 Å². The molecular formula is C26H34N6O3. The Hall–Kier alpha value is -3.33. The van der Waals surface area contributed by atoms with Crippen molar-refractivity contribution < 1.29 is 14.6 Å². The quantitative estimate of drug-likeness (QED) is 0.458. The smallest absolute Gasteiger partial charge is 0.270 e. The van der Waals surface area contributed by atoms with Crippen molar-refractivity contribution in [2.45, 2.75) is 59.0 Å². The number of nitrogens with one attached hydrogen (secondary N) is 1. The molecule has 2 N–H and O–H groups in total. The molecule has 3 aromatic rings. The van der Waals surface area contributed by atoms with Gasteiger partial charge in [-0.25, -0.2) is 4.98 Å². The van der Waals surface area contributed by atoms with Gasteiger partial charge in [-0.15, -0.1) is 10.2 Å². The second-order valence-corrected chi connectivity index (χ2v) is 9.30. The van der Waals surface area contributed by atoms with E-state index < -0.39 is 0 Å². The number of aliphatic hydroxyl groups is 1. The first kappa shape index (κ1) is 24.8. The Balaban J connectivity index is 1.38. The van der Waals surface area contributed by atoms with E-state index >= 15 is 0 Å². The van der Waals surface area contributed by atoms with Gasteiger partial charge in [-0.3, -0.25) is 4.79 Å². The van der Waals surface area contributed by atoms with E-state index in [-0.39, 0.29) is 12.5 Å². The number of rotatable bonds is 10. The fourth-order valence-electron chi connectivity index (χ4n) is 4.42. The molecule has 0 aliphatic heterocycles. The molecule has 186 valence electrons. The summed E-state index contributed by atoms with van der Waals surface area (Å²) in [5.74, 6) is 1.93. The first-order valence-corrected chi connectivity index (χ1v) is 12.4. The van der Waals surface area contributed by atoms with Crippen molar-refractivity contribution in [2.75, 3.05) is 13.2 Å². The molecule has 1 aliphatic carbocycles. The van der Waals surface area contributed by atoms with E-state index in [1.807, 2.05) is 37.3 Å². The number of carbonyl (C=O) groups excluding carboxylic acids is 1. The molecule has 1 amide bonds. The van der Waals surface area contributed by atoms with E-state index in [0.717, 1.165) is 43.4 Å². The van der Waals surface area contributed by atoms with Gasteiger partial charge in [-0.1, -0.05) is 19.1 Å². The van der Waals surface area contributed by atoms with Crippen LogP contribution in [0.15, 0.2) is 36.4 Å². The maximum atomic E-state index is 12.8. The molecule has 0 bridgehead atoms. The molecule has 0 spiro atoms. The minimum Gasteiger partial charge on any atom is -0.494 e. The number of benzene rings is 1. The number of tetrazole rings is 1. The van der Waals surface area contributed by atoms with Crippen molar-refractivity contribution >= 4 is 5.91 Å². The van der Waals surface area contributed by atoms with Crippen LogP contribution in [0, 0.1) is 18.8 Å². The molecule has 4 rings (SSSR count). The summed E-state index contributed by atoms with van der Waals surface area (Å²) in [6.45, 7) is 5.93. The highest BCUT2D eigenvalue weighted by Gasteiger charge is 2.22. The van der Waals surface area contributed by atoms with Gasteiger partial charge < -0.3 is 15.2 Å². The minimum absolute atomic E-state index is 0.261. The number of carbonyl (C=O) groups is 1. The zero-order chi connectivity index (χ0) is 24.6. The van der Waals surface area contributed by atoms with Crippen molar-refractivity contribution in [3.05, 3.63) is 53.3 Å². The lowest BCUT2D eigenvalue weighted by Gasteiger charge is -2.26. The molecule has 9 heteroatoms. The van der Waals surface area contributed by atoms with Crippen LogP contribution >= 0.6 is 0 Å². The summed E-state index contributed by atoms with van der Waals surface area (Å²) in [6, 6.07) is 11.3. The van der Waals surface area contributed by atoms with Crippen molar-refractivity contribution in [3.8, 4) is 17.1 Å². The van der Waals surface area contributed by atoms with E-state index in [1.165, 1.54) is 0 Å². The Labute approximate surface area is 205 Å². The van der Waals surface area contributed by atoms with Crippen molar-refractivity contribution in [3.63, 3.8) is 0 Å². The normalized spacial score (nSPS) is 17.8. The standard InChI is InChI=1S/C26H34N6O3/c1-3-11-35-23-6-4-5-21(13-23)15-27-26(34)24-14-22(12-18(2)28-24)25-29-31-32(30-25)16-19-7-9-20(17-33)10-8-19/h4-6,12-14,19-20,33H,3,7-11,15-17H2,1-2H3,(H,27,34)/t19-,20-. The van der Waals surface area contributed by atoms with Gasteiger partial charge in [-0.05, 0) is 85.9 Å². The van der Waals surface area contributed by atoms with Crippen LogP contribution < -0.4 is 10.1 Å². The Morgan fingerprint density at radius 3 is 2.74 bits per heavy atom. The number of aryl methyl sites for hydroxylation is 1. The van der Waals surface area contributed by atoms with E-state index in [0.29, 0.717) is 54.3 Å². The predicted octanol–water partition coefficient (Wildman–Crippen LogP) is 3.56. The van der Waals surface area contributed by atoms with E-state index in [1.54, 1.807) is 10.9 Å². The summed E-state index contributed by atoms with van der Waals surface area (Å²) in [5, 5.41) is 25.3. The highest BCUT2D eigenvalue weighted by atomic mass is 16.5. The third-order valence-electron chi connectivity index (χ3n) is 6.37. The van der Waals surface area contributed by atoms with Crippen LogP contribution in [-0.4, -0.2) is 49.4 Å². The first-order chi connectivity index (χ1) is 17.0. The summed E-state index contributed by atoms with van der Waals surface area (Å²) in [4.78, 5) is 18.9. The van der Waals surface area contributed by atoms with Gasteiger partial charge in [0.2, 0.25) is 5.82 Å². The maximum absolute atomic E-state index is 12.8. The number of nitrogens with zero attached hydrogens (tertiary/aromatic N) is 5. The molecule has 2 heterocycles. The van der Waals surface area contributed by atoms with Gasteiger partial charge >= 0.3 is 0 Å². The second-order valence-electron chi connectivity index (χ2n) is 9.30. The molecule has 2 aromatic heterocycles. The highest BCUT2D eigenvalue weighted by Crippen LogP contribution is 2.29. The van der Waals surface area contributed by atoms with Crippen LogP contribution in [0.25, 0.3) is 11.4 Å². The van der Waals surface area contributed by atoms with Crippen molar-refractivity contribution in [1.82, 2.24) is 30.5 Å². The minimum atomic E-state index is -0.261.